The van der Waals surface area contributed by atoms with Crippen molar-refractivity contribution in [3.05, 3.63) is 0 Å². The Balaban J connectivity index is 0.00000196. The number of carbonyl (C=O) groups excluding carboxylic acids is 1. The van der Waals surface area contributed by atoms with E-state index in [4.69, 9.17) is 5.73 Å². The molecule has 2 N–H and O–H groups in total. The van der Waals surface area contributed by atoms with Crippen LogP contribution in [0.4, 0.5) is 0 Å². The number of hydrogen-bond acceptors (Lipinski definition) is 4. The molecule has 1 fully saturated rings. The van der Waals surface area contributed by atoms with Crippen LogP contribution >= 0.6 is 12.4 Å². The van der Waals surface area contributed by atoms with Crippen LogP contribution in [-0.4, -0.2) is 49.9 Å². The summed E-state index contributed by atoms with van der Waals surface area (Å²) < 4.78 is 22.7. The first kappa shape index (κ1) is 14.7. The van der Waals surface area contributed by atoms with Gasteiger partial charge in [-0.05, 0) is 6.92 Å². The Morgan fingerprint density at radius 1 is 1.53 bits per heavy atom. The van der Waals surface area contributed by atoms with E-state index in [2.05, 4.69) is 0 Å². The van der Waals surface area contributed by atoms with Crippen molar-refractivity contribution in [3.63, 3.8) is 0 Å². The minimum atomic E-state index is -2.97. The Morgan fingerprint density at radius 2 is 2.13 bits per heavy atom. The molecule has 0 aromatic carbocycles. The van der Waals surface area contributed by atoms with Crippen LogP contribution in [0.2, 0.25) is 0 Å². The third-order valence-electron chi connectivity index (χ3n) is 2.45. The van der Waals surface area contributed by atoms with Gasteiger partial charge in [-0.3, -0.25) is 4.79 Å². The Bertz CT molecular complexity index is 318. The highest BCUT2D eigenvalue weighted by Crippen LogP contribution is 2.12. The van der Waals surface area contributed by atoms with Crippen molar-refractivity contribution < 1.29 is 13.2 Å². The second-order valence-corrected chi connectivity index (χ2v) is 6.09. The highest BCUT2D eigenvalue weighted by atomic mass is 35.5. The lowest BCUT2D eigenvalue weighted by molar-refractivity contribution is -0.130. The van der Waals surface area contributed by atoms with Gasteiger partial charge >= 0.3 is 0 Å². The summed E-state index contributed by atoms with van der Waals surface area (Å²) in [5, 5.41) is -0.446. The van der Waals surface area contributed by atoms with Gasteiger partial charge < -0.3 is 10.6 Å². The molecule has 90 valence electrons. The van der Waals surface area contributed by atoms with Crippen LogP contribution in [-0.2, 0) is 14.6 Å². The molecule has 0 aromatic rings. The lowest BCUT2D eigenvalue weighted by Gasteiger charge is -2.30. The fourth-order valence-electron chi connectivity index (χ4n) is 1.46. The van der Waals surface area contributed by atoms with Gasteiger partial charge in [0.2, 0.25) is 5.91 Å². The van der Waals surface area contributed by atoms with E-state index < -0.39 is 15.1 Å². The van der Waals surface area contributed by atoms with E-state index in [1.165, 1.54) is 0 Å². The lowest BCUT2D eigenvalue weighted by Crippen LogP contribution is -2.48. The third-order valence-corrected chi connectivity index (χ3v) is 4.57. The highest BCUT2D eigenvalue weighted by molar-refractivity contribution is 7.92. The highest BCUT2D eigenvalue weighted by Gasteiger charge is 2.31. The summed E-state index contributed by atoms with van der Waals surface area (Å²) in [4.78, 5) is 13.0. The molecule has 1 saturated heterocycles. The van der Waals surface area contributed by atoms with Gasteiger partial charge in [0.05, 0.1) is 11.0 Å². The Hall–Kier alpha value is -0.330. The SMILES string of the molecule is CC1CN(C(=O)CCN)CCS1(=O)=O.Cl. The van der Waals surface area contributed by atoms with Gasteiger partial charge in [-0.15, -0.1) is 12.4 Å². The monoisotopic (exact) mass is 256 g/mol. The number of rotatable bonds is 2. The van der Waals surface area contributed by atoms with Gasteiger partial charge in [0.1, 0.15) is 0 Å². The largest absolute Gasteiger partial charge is 0.340 e. The molecule has 15 heavy (non-hydrogen) atoms. The number of hydrogen-bond donors (Lipinski definition) is 1. The van der Waals surface area contributed by atoms with Gasteiger partial charge in [0.25, 0.3) is 0 Å². The zero-order chi connectivity index (χ0) is 10.8. The summed E-state index contributed by atoms with van der Waals surface area (Å²) in [6.07, 6.45) is 0.298. The second-order valence-electron chi connectivity index (χ2n) is 3.56. The first-order valence-electron chi connectivity index (χ1n) is 4.67. The van der Waals surface area contributed by atoms with E-state index in [1.54, 1.807) is 11.8 Å². The fourth-order valence-corrected chi connectivity index (χ4v) is 2.75. The maximum atomic E-state index is 11.4. The van der Waals surface area contributed by atoms with Crippen LogP contribution in [0, 0.1) is 0 Å². The molecule has 0 spiro atoms. The average molecular weight is 257 g/mol. The van der Waals surface area contributed by atoms with E-state index in [0.29, 0.717) is 26.1 Å². The Kier molecular flexibility index (Phi) is 5.55. The number of sulfone groups is 1. The molecule has 7 heteroatoms. The van der Waals surface area contributed by atoms with E-state index >= 15 is 0 Å². The molecule has 0 aliphatic carbocycles. The zero-order valence-corrected chi connectivity index (χ0v) is 10.3. The first-order valence-corrected chi connectivity index (χ1v) is 6.38. The second kappa shape index (κ2) is 5.67. The maximum absolute atomic E-state index is 11.4. The van der Waals surface area contributed by atoms with Crippen molar-refractivity contribution in [2.75, 3.05) is 25.4 Å². The van der Waals surface area contributed by atoms with Crippen LogP contribution in [0.25, 0.3) is 0 Å². The van der Waals surface area contributed by atoms with Gasteiger partial charge in [-0.25, -0.2) is 8.42 Å². The number of amides is 1. The summed E-state index contributed by atoms with van der Waals surface area (Å²) in [6, 6.07) is 0. The molecule has 1 amide bonds. The van der Waals surface area contributed by atoms with Gasteiger partial charge in [0.15, 0.2) is 9.84 Å². The average Bonchev–Trinajstić information content (AvgIpc) is 2.10. The molecule has 5 nitrogen and oxygen atoms in total. The first-order chi connectivity index (χ1) is 6.47. The molecule has 1 aliphatic rings. The Labute approximate surface area is 96.3 Å². The molecular formula is C8H17ClN2O3S. The molecule has 0 saturated carbocycles. The van der Waals surface area contributed by atoms with E-state index in [0.717, 1.165) is 0 Å². The van der Waals surface area contributed by atoms with Crippen molar-refractivity contribution in [2.24, 2.45) is 5.73 Å². The molecule has 1 atom stereocenters. The normalized spacial score (nSPS) is 24.4. The van der Waals surface area contributed by atoms with Crippen LogP contribution < -0.4 is 5.73 Å². The smallest absolute Gasteiger partial charge is 0.223 e. The minimum absolute atomic E-state index is 0. The van der Waals surface area contributed by atoms with E-state index in [9.17, 15) is 13.2 Å². The molecule has 0 aromatic heterocycles. The molecule has 1 heterocycles. The molecule has 1 unspecified atom stereocenters. The standard InChI is InChI=1S/C8H16N2O3S.ClH/c1-7-6-10(8(11)2-3-9)4-5-14(7,12)13;/h7H,2-6,9H2,1H3;1H. The van der Waals surface area contributed by atoms with Crippen molar-refractivity contribution in [2.45, 2.75) is 18.6 Å². The molecule has 0 radical (unpaired) electrons. The predicted molar refractivity (Wildman–Crippen MR) is 60.7 cm³/mol. The molecule has 1 rings (SSSR count). The van der Waals surface area contributed by atoms with Crippen LogP contribution in [0.1, 0.15) is 13.3 Å². The summed E-state index contributed by atoms with van der Waals surface area (Å²) >= 11 is 0. The van der Waals surface area contributed by atoms with E-state index in [-0.39, 0.29) is 24.1 Å². The summed E-state index contributed by atoms with van der Waals surface area (Å²) in [5.74, 6) is 0.0269. The Morgan fingerprint density at radius 3 is 2.60 bits per heavy atom. The van der Waals surface area contributed by atoms with E-state index in [1.807, 2.05) is 0 Å². The minimum Gasteiger partial charge on any atom is -0.340 e. The molecule has 1 aliphatic heterocycles. The van der Waals surface area contributed by atoms with Gasteiger partial charge in [-0.1, -0.05) is 0 Å². The zero-order valence-electron chi connectivity index (χ0n) is 8.68. The van der Waals surface area contributed by atoms with Crippen LogP contribution in [0.15, 0.2) is 0 Å². The van der Waals surface area contributed by atoms with Crippen LogP contribution in [0.3, 0.4) is 0 Å². The van der Waals surface area contributed by atoms with Crippen molar-refractivity contribution in [3.8, 4) is 0 Å². The molecule has 0 bridgehead atoms. The van der Waals surface area contributed by atoms with Crippen molar-refractivity contribution >= 4 is 28.2 Å². The quantitative estimate of drug-likeness (QED) is 0.716. The third kappa shape index (κ3) is 3.62. The number of nitrogens with zero attached hydrogens (tertiary/aromatic N) is 1. The number of carbonyl (C=O) groups is 1. The summed E-state index contributed by atoms with van der Waals surface area (Å²) in [7, 11) is -2.97. The number of halogens is 1. The molecular weight excluding hydrogens is 240 g/mol. The van der Waals surface area contributed by atoms with Crippen LogP contribution in [0.5, 0.6) is 0 Å². The number of nitrogens with two attached hydrogens (primary N) is 1. The van der Waals surface area contributed by atoms with Crippen molar-refractivity contribution in [1.29, 1.82) is 0 Å². The van der Waals surface area contributed by atoms with Gasteiger partial charge in [-0.2, -0.15) is 0 Å². The summed E-state index contributed by atoms with van der Waals surface area (Å²) in [5.41, 5.74) is 5.26. The summed E-state index contributed by atoms with van der Waals surface area (Å²) in [6.45, 7) is 2.57. The van der Waals surface area contributed by atoms with Gasteiger partial charge in [0, 0.05) is 26.1 Å². The maximum Gasteiger partial charge on any atom is 0.223 e. The fraction of sp³-hybridized carbons (Fsp3) is 0.875. The van der Waals surface area contributed by atoms with Crippen molar-refractivity contribution in [1.82, 2.24) is 4.90 Å². The lowest BCUT2D eigenvalue weighted by atomic mass is 10.3. The topological polar surface area (TPSA) is 80.5 Å². The predicted octanol–water partition coefficient (Wildman–Crippen LogP) is -0.597.